The van der Waals surface area contributed by atoms with Crippen LogP contribution in [0.1, 0.15) is 41.1 Å². The van der Waals surface area contributed by atoms with E-state index in [4.69, 9.17) is 0 Å². The molecule has 2 N–H and O–H groups in total. The van der Waals surface area contributed by atoms with E-state index in [0.717, 1.165) is 17.3 Å². The number of nitrogens with one attached hydrogen (secondary N) is 2. The van der Waals surface area contributed by atoms with Gasteiger partial charge in [-0.05, 0) is 73.7 Å². The molecule has 1 amide bonds. The summed E-state index contributed by atoms with van der Waals surface area (Å²) >= 11 is 0. The molecular formula is C22H27N3O. The maximum absolute atomic E-state index is 12.4. The summed E-state index contributed by atoms with van der Waals surface area (Å²) in [7, 11) is 3.98. The summed E-state index contributed by atoms with van der Waals surface area (Å²) in [6, 6.07) is 16.6. The van der Waals surface area contributed by atoms with E-state index in [9.17, 15) is 4.79 Å². The van der Waals surface area contributed by atoms with Crippen molar-refractivity contribution in [1.29, 1.82) is 0 Å². The van der Waals surface area contributed by atoms with E-state index in [0.29, 0.717) is 17.5 Å². The lowest BCUT2D eigenvalue weighted by atomic mass is 10.1. The van der Waals surface area contributed by atoms with Crippen LogP contribution in [0.25, 0.3) is 0 Å². The predicted molar refractivity (Wildman–Crippen MR) is 107 cm³/mol. The van der Waals surface area contributed by atoms with Crippen LogP contribution in [0.4, 0.5) is 11.4 Å². The molecule has 0 aliphatic heterocycles. The number of nitrogens with zero attached hydrogens (tertiary/aromatic N) is 1. The van der Waals surface area contributed by atoms with Gasteiger partial charge in [0, 0.05) is 43.0 Å². The van der Waals surface area contributed by atoms with Crippen LogP contribution < -0.4 is 15.5 Å². The number of benzene rings is 2. The highest BCUT2D eigenvalue weighted by Gasteiger charge is 2.38. The van der Waals surface area contributed by atoms with Gasteiger partial charge in [-0.3, -0.25) is 4.79 Å². The number of carbonyl (C=O) groups excluding carboxylic acids is 1. The molecule has 2 atom stereocenters. The molecule has 26 heavy (non-hydrogen) atoms. The van der Waals surface area contributed by atoms with Crippen LogP contribution in [0.3, 0.4) is 0 Å². The molecule has 0 heterocycles. The molecule has 2 fully saturated rings. The number of hydrogen-bond acceptors (Lipinski definition) is 3. The number of hydrogen-bond donors (Lipinski definition) is 2. The number of anilines is 2. The third-order valence-corrected chi connectivity index (χ3v) is 5.40. The van der Waals surface area contributed by atoms with Crippen molar-refractivity contribution in [3.63, 3.8) is 0 Å². The van der Waals surface area contributed by atoms with E-state index < -0.39 is 0 Å². The van der Waals surface area contributed by atoms with Crippen LogP contribution in [0, 0.1) is 5.92 Å². The Hall–Kier alpha value is -2.33. The van der Waals surface area contributed by atoms with Crippen LogP contribution >= 0.6 is 0 Å². The second-order valence-corrected chi connectivity index (χ2v) is 7.82. The fourth-order valence-corrected chi connectivity index (χ4v) is 3.36. The Bertz CT molecular complexity index is 763. The summed E-state index contributed by atoms with van der Waals surface area (Å²) in [5.41, 5.74) is 3.97. The first-order valence-corrected chi connectivity index (χ1v) is 9.52. The predicted octanol–water partition coefficient (Wildman–Crippen LogP) is 3.86. The first kappa shape index (κ1) is 17.1. The Morgan fingerprint density at radius 1 is 1.04 bits per heavy atom. The lowest BCUT2D eigenvalue weighted by Crippen LogP contribution is -2.20. The molecule has 2 unspecified atom stereocenters. The zero-order chi connectivity index (χ0) is 18.1. The summed E-state index contributed by atoms with van der Waals surface area (Å²) in [5, 5.41) is 6.66. The Balaban J connectivity index is 1.31. The molecule has 2 aliphatic carbocycles. The van der Waals surface area contributed by atoms with Gasteiger partial charge >= 0.3 is 0 Å². The normalized spacial score (nSPS) is 21.3. The Morgan fingerprint density at radius 3 is 2.35 bits per heavy atom. The van der Waals surface area contributed by atoms with Gasteiger partial charge in [-0.25, -0.2) is 0 Å². The molecule has 4 rings (SSSR count). The fraction of sp³-hybridized carbons (Fsp3) is 0.409. The maximum atomic E-state index is 12.4. The lowest BCUT2D eigenvalue weighted by molar-refractivity contribution is 0.102. The van der Waals surface area contributed by atoms with Crippen LogP contribution in [-0.4, -0.2) is 32.6 Å². The van der Waals surface area contributed by atoms with E-state index in [2.05, 4.69) is 22.8 Å². The van der Waals surface area contributed by atoms with Crippen molar-refractivity contribution >= 4 is 17.3 Å². The first-order chi connectivity index (χ1) is 12.6. The van der Waals surface area contributed by atoms with Crippen molar-refractivity contribution in [2.75, 3.05) is 30.9 Å². The smallest absolute Gasteiger partial charge is 0.255 e. The number of rotatable bonds is 7. The van der Waals surface area contributed by atoms with Crippen molar-refractivity contribution < 1.29 is 4.79 Å². The van der Waals surface area contributed by atoms with Gasteiger partial charge in [0.2, 0.25) is 0 Å². The molecule has 0 radical (unpaired) electrons. The molecule has 2 aromatic rings. The average Bonchev–Trinajstić information content (AvgIpc) is 3.55. The highest BCUT2D eigenvalue weighted by molar-refractivity contribution is 6.04. The first-order valence-electron chi connectivity index (χ1n) is 9.52. The maximum Gasteiger partial charge on any atom is 0.255 e. The van der Waals surface area contributed by atoms with E-state index >= 15 is 0 Å². The molecule has 2 aromatic carbocycles. The Kier molecular flexibility index (Phi) is 4.68. The average molecular weight is 349 g/mol. The third-order valence-electron chi connectivity index (χ3n) is 5.40. The summed E-state index contributed by atoms with van der Waals surface area (Å²) in [4.78, 5) is 14.4. The van der Waals surface area contributed by atoms with E-state index in [-0.39, 0.29) is 5.91 Å². The SMILES string of the molecule is CN(C)c1ccc(C(=O)Nc2ccc(C3CC3NCC3CC3)cc2)cc1. The fourth-order valence-electron chi connectivity index (χ4n) is 3.36. The standard InChI is InChI=1S/C22H27N3O/c1-25(2)19-11-7-17(8-12-19)22(26)24-18-9-5-16(6-10-18)20-13-21(20)23-14-15-3-4-15/h5-12,15,20-21,23H,3-4,13-14H2,1-2H3,(H,24,26). The highest BCUT2D eigenvalue weighted by atomic mass is 16.1. The number of carbonyl (C=O) groups is 1. The van der Waals surface area contributed by atoms with Gasteiger partial charge in [0.05, 0.1) is 0 Å². The van der Waals surface area contributed by atoms with Gasteiger partial charge in [-0.15, -0.1) is 0 Å². The van der Waals surface area contributed by atoms with Gasteiger partial charge in [-0.1, -0.05) is 12.1 Å². The van der Waals surface area contributed by atoms with E-state index in [1.165, 1.54) is 31.4 Å². The van der Waals surface area contributed by atoms with Crippen LogP contribution in [0.5, 0.6) is 0 Å². The summed E-state index contributed by atoms with van der Waals surface area (Å²) < 4.78 is 0. The van der Waals surface area contributed by atoms with Crippen molar-refractivity contribution in [3.05, 3.63) is 59.7 Å². The Morgan fingerprint density at radius 2 is 1.73 bits per heavy atom. The molecule has 136 valence electrons. The molecule has 0 saturated heterocycles. The molecule has 0 aromatic heterocycles. The van der Waals surface area contributed by atoms with Gasteiger partial charge in [0.15, 0.2) is 0 Å². The van der Waals surface area contributed by atoms with E-state index in [1.807, 2.05) is 55.4 Å². The molecule has 4 nitrogen and oxygen atoms in total. The molecule has 4 heteroatoms. The van der Waals surface area contributed by atoms with Crippen molar-refractivity contribution in [3.8, 4) is 0 Å². The van der Waals surface area contributed by atoms with Crippen LogP contribution in [-0.2, 0) is 0 Å². The topological polar surface area (TPSA) is 44.4 Å². The minimum Gasteiger partial charge on any atom is -0.378 e. The quantitative estimate of drug-likeness (QED) is 0.798. The molecule has 2 saturated carbocycles. The molecular weight excluding hydrogens is 322 g/mol. The zero-order valence-electron chi connectivity index (χ0n) is 15.5. The summed E-state index contributed by atoms with van der Waals surface area (Å²) in [6.45, 7) is 1.18. The molecule has 0 spiro atoms. The van der Waals surface area contributed by atoms with Gasteiger partial charge in [0.25, 0.3) is 5.91 Å². The molecule has 0 bridgehead atoms. The second-order valence-electron chi connectivity index (χ2n) is 7.82. The summed E-state index contributed by atoms with van der Waals surface area (Å²) in [6.07, 6.45) is 4.03. The highest BCUT2D eigenvalue weighted by Crippen LogP contribution is 2.41. The summed E-state index contributed by atoms with van der Waals surface area (Å²) in [5.74, 6) is 1.50. The van der Waals surface area contributed by atoms with Crippen molar-refractivity contribution in [1.82, 2.24) is 5.32 Å². The molecule has 2 aliphatic rings. The minimum atomic E-state index is -0.0709. The Labute approximate surface area is 155 Å². The monoisotopic (exact) mass is 349 g/mol. The van der Waals surface area contributed by atoms with Gasteiger partial charge < -0.3 is 15.5 Å². The van der Waals surface area contributed by atoms with Gasteiger partial charge in [-0.2, -0.15) is 0 Å². The van der Waals surface area contributed by atoms with Crippen molar-refractivity contribution in [2.24, 2.45) is 5.92 Å². The number of amides is 1. The lowest BCUT2D eigenvalue weighted by Gasteiger charge is -2.12. The zero-order valence-corrected chi connectivity index (χ0v) is 15.5. The minimum absolute atomic E-state index is 0.0709. The largest absolute Gasteiger partial charge is 0.378 e. The second kappa shape index (κ2) is 7.12. The van der Waals surface area contributed by atoms with Crippen LogP contribution in [0.15, 0.2) is 48.5 Å². The third kappa shape index (κ3) is 4.07. The van der Waals surface area contributed by atoms with E-state index in [1.54, 1.807) is 0 Å². The van der Waals surface area contributed by atoms with Crippen LogP contribution in [0.2, 0.25) is 0 Å². The van der Waals surface area contributed by atoms with Crippen molar-refractivity contribution in [2.45, 2.75) is 31.2 Å². The van der Waals surface area contributed by atoms with Gasteiger partial charge in [0.1, 0.15) is 0 Å².